The highest BCUT2D eigenvalue weighted by Crippen LogP contribution is 2.17. The lowest BCUT2D eigenvalue weighted by molar-refractivity contribution is -0.137. The Hall–Kier alpha value is -2.82. The summed E-state index contributed by atoms with van der Waals surface area (Å²) < 4.78 is 5.80. The van der Waals surface area contributed by atoms with E-state index in [1.165, 1.54) is 0 Å². The third-order valence-electron chi connectivity index (χ3n) is 3.75. The number of hydrogen-bond acceptors (Lipinski definition) is 3. The van der Waals surface area contributed by atoms with Crippen molar-refractivity contribution < 1.29 is 19.4 Å². The number of hydrogen-bond donors (Lipinski definition) is 2. The lowest BCUT2D eigenvalue weighted by Crippen LogP contribution is -2.32. The Labute approximate surface area is 147 Å². The van der Waals surface area contributed by atoms with Crippen molar-refractivity contribution >= 4 is 17.6 Å². The number of amides is 1. The molecule has 0 radical (unpaired) electrons. The van der Waals surface area contributed by atoms with Crippen molar-refractivity contribution in [2.24, 2.45) is 0 Å². The van der Waals surface area contributed by atoms with E-state index in [0.717, 1.165) is 11.1 Å². The summed E-state index contributed by atoms with van der Waals surface area (Å²) in [6, 6.07) is 14.8. The summed E-state index contributed by atoms with van der Waals surface area (Å²) in [6.45, 7) is 3.86. The number of carbonyl (C=O) groups is 2. The van der Waals surface area contributed by atoms with Gasteiger partial charge in [-0.05, 0) is 55.2 Å². The summed E-state index contributed by atoms with van der Waals surface area (Å²) in [6.07, 6.45) is 0.435. The summed E-state index contributed by atoms with van der Waals surface area (Å²) in [7, 11) is 0. The molecule has 0 spiro atoms. The minimum absolute atomic E-state index is 0.0610. The minimum Gasteiger partial charge on any atom is -0.481 e. The Bertz CT molecular complexity index is 742. The van der Waals surface area contributed by atoms with E-state index in [1.807, 2.05) is 44.2 Å². The van der Waals surface area contributed by atoms with Crippen LogP contribution in [-0.4, -0.2) is 23.1 Å². The Balaban J connectivity index is 2.01. The SMILES string of the molecule is CCC(Oc1cccc(C)c1)C(=O)Nc1cccc(CCC(=O)O)c1. The molecule has 5 nitrogen and oxygen atoms in total. The van der Waals surface area contributed by atoms with Gasteiger partial charge < -0.3 is 15.2 Å². The first-order chi connectivity index (χ1) is 12.0. The summed E-state index contributed by atoms with van der Waals surface area (Å²) in [5, 5.41) is 11.6. The van der Waals surface area contributed by atoms with Crippen LogP contribution in [0, 0.1) is 6.92 Å². The molecular weight excluding hydrogens is 318 g/mol. The van der Waals surface area contributed by atoms with Gasteiger partial charge >= 0.3 is 5.97 Å². The van der Waals surface area contributed by atoms with Crippen molar-refractivity contribution in [1.29, 1.82) is 0 Å². The minimum atomic E-state index is -0.841. The van der Waals surface area contributed by atoms with Crippen molar-refractivity contribution in [2.45, 2.75) is 39.2 Å². The molecule has 0 aliphatic heterocycles. The highest BCUT2D eigenvalue weighted by molar-refractivity contribution is 5.94. The van der Waals surface area contributed by atoms with E-state index < -0.39 is 12.1 Å². The molecule has 25 heavy (non-hydrogen) atoms. The van der Waals surface area contributed by atoms with E-state index in [9.17, 15) is 9.59 Å². The highest BCUT2D eigenvalue weighted by Gasteiger charge is 2.18. The maximum absolute atomic E-state index is 12.5. The third-order valence-corrected chi connectivity index (χ3v) is 3.75. The van der Waals surface area contributed by atoms with Gasteiger partial charge in [-0.1, -0.05) is 31.2 Å². The molecule has 1 atom stereocenters. The van der Waals surface area contributed by atoms with Gasteiger partial charge in [0.15, 0.2) is 6.10 Å². The Morgan fingerprint density at radius 2 is 1.92 bits per heavy atom. The quantitative estimate of drug-likeness (QED) is 0.765. The van der Waals surface area contributed by atoms with Crippen LogP contribution in [0.2, 0.25) is 0 Å². The zero-order chi connectivity index (χ0) is 18.2. The first-order valence-corrected chi connectivity index (χ1v) is 8.33. The van der Waals surface area contributed by atoms with Crippen LogP contribution in [0.5, 0.6) is 5.75 Å². The fourth-order valence-corrected chi connectivity index (χ4v) is 2.45. The summed E-state index contributed by atoms with van der Waals surface area (Å²) in [4.78, 5) is 23.2. The Morgan fingerprint density at radius 3 is 2.60 bits per heavy atom. The monoisotopic (exact) mass is 341 g/mol. The van der Waals surface area contributed by atoms with Gasteiger partial charge in [0, 0.05) is 12.1 Å². The molecule has 132 valence electrons. The molecule has 5 heteroatoms. The number of carboxylic acid groups (broad SMARTS) is 1. The molecule has 0 saturated carbocycles. The second-order valence-electron chi connectivity index (χ2n) is 5.91. The molecule has 1 amide bonds. The van der Waals surface area contributed by atoms with Crippen LogP contribution in [-0.2, 0) is 16.0 Å². The van der Waals surface area contributed by atoms with Crippen LogP contribution >= 0.6 is 0 Å². The maximum atomic E-state index is 12.5. The number of anilines is 1. The van der Waals surface area contributed by atoms with Crippen molar-refractivity contribution in [1.82, 2.24) is 0 Å². The summed E-state index contributed by atoms with van der Waals surface area (Å²) in [5.41, 5.74) is 2.57. The van der Waals surface area contributed by atoms with E-state index in [1.54, 1.807) is 18.2 Å². The fraction of sp³-hybridized carbons (Fsp3) is 0.300. The number of benzene rings is 2. The van der Waals surface area contributed by atoms with E-state index in [2.05, 4.69) is 5.32 Å². The molecule has 0 saturated heterocycles. The number of aryl methyl sites for hydroxylation is 2. The van der Waals surface area contributed by atoms with Crippen molar-refractivity contribution in [3.63, 3.8) is 0 Å². The van der Waals surface area contributed by atoms with Gasteiger partial charge in [0.05, 0.1) is 0 Å². The molecule has 0 aliphatic carbocycles. The molecule has 2 aromatic rings. The van der Waals surface area contributed by atoms with Gasteiger partial charge in [-0.2, -0.15) is 0 Å². The van der Waals surface area contributed by atoms with Crippen LogP contribution in [0.3, 0.4) is 0 Å². The van der Waals surface area contributed by atoms with Crippen LogP contribution < -0.4 is 10.1 Å². The van der Waals surface area contributed by atoms with Gasteiger partial charge in [0.1, 0.15) is 5.75 Å². The predicted octanol–water partition coefficient (Wildman–Crippen LogP) is 3.81. The number of rotatable bonds is 8. The van der Waals surface area contributed by atoms with Gasteiger partial charge in [-0.3, -0.25) is 9.59 Å². The topological polar surface area (TPSA) is 75.6 Å². The first kappa shape index (κ1) is 18.5. The predicted molar refractivity (Wildman–Crippen MR) is 96.9 cm³/mol. The van der Waals surface area contributed by atoms with Crippen molar-refractivity contribution in [3.05, 3.63) is 59.7 Å². The average Bonchev–Trinajstić information content (AvgIpc) is 2.58. The standard InChI is InChI=1S/C20H23NO4/c1-3-18(25-17-9-4-6-14(2)12-17)20(24)21-16-8-5-7-15(13-16)10-11-19(22)23/h4-9,12-13,18H,3,10-11H2,1-2H3,(H,21,24)(H,22,23). The Kier molecular flexibility index (Phi) is 6.57. The van der Waals surface area contributed by atoms with Crippen LogP contribution in [0.1, 0.15) is 30.9 Å². The third kappa shape index (κ3) is 5.95. The summed E-state index contributed by atoms with van der Waals surface area (Å²) in [5.74, 6) is -0.399. The van der Waals surface area contributed by atoms with Crippen molar-refractivity contribution in [3.8, 4) is 5.75 Å². The molecule has 0 heterocycles. The van der Waals surface area contributed by atoms with Gasteiger partial charge in [-0.15, -0.1) is 0 Å². The maximum Gasteiger partial charge on any atom is 0.303 e. The van der Waals surface area contributed by atoms with Gasteiger partial charge in [0.2, 0.25) is 0 Å². The largest absolute Gasteiger partial charge is 0.481 e. The van der Waals surface area contributed by atoms with Crippen molar-refractivity contribution in [2.75, 3.05) is 5.32 Å². The molecular formula is C20H23NO4. The zero-order valence-corrected chi connectivity index (χ0v) is 14.5. The second kappa shape index (κ2) is 8.87. The molecule has 0 aliphatic rings. The molecule has 0 fully saturated rings. The lowest BCUT2D eigenvalue weighted by atomic mass is 10.1. The van der Waals surface area contributed by atoms with Crippen LogP contribution in [0.15, 0.2) is 48.5 Å². The second-order valence-corrected chi connectivity index (χ2v) is 5.91. The molecule has 0 aromatic heterocycles. The number of ether oxygens (including phenoxy) is 1. The van der Waals surface area contributed by atoms with E-state index in [-0.39, 0.29) is 12.3 Å². The van der Waals surface area contributed by atoms with Crippen LogP contribution in [0.4, 0.5) is 5.69 Å². The highest BCUT2D eigenvalue weighted by atomic mass is 16.5. The van der Waals surface area contributed by atoms with E-state index in [4.69, 9.17) is 9.84 Å². The first-order valence-electron chi connectivity index (χ1n) is 8.33. The van der Waals surface area contributed by atoms with E-state index in [0.29, 0.717) is 24.3 Å². The van der Waals surface area contributed by atoms with Crippen LogP contribution in [0.25, 0.3) is 0 Å². The molecule has 1 unspecified atom stereocenters. The average molecular weight is 341 g/mol. The van der Waals surface area contributed by atoms with Gasteiger partial charge in [0.25, 0.3) is 5.91 Å². The molecule has 2 N–H and O–H groups in total. The molecule has 0 bridgehead atoms. The number of nitrogens with one attached hydrogen (secondary N) is 1. The Morgan fingerprint density at radius 1 is 1.16 bits per heavy atom. The normalized spacial score (nSPS) is 11.6. The lowest BCUT2D eigenvalue weighted by Gasteiger charge is -2.18. The molecule has 2 aromatic carbocycles. The number of carbonyl (C=O) groups excluding carboxylic acids is 1. The smallest absolute Gasteiger partial charge is 0.303 e. The van der Waals surface area contributed by atoms with Gasteiger partial charge in [-0.25, -0.2) is 0 Å². The summed E-state index contributed by atoms with van der Waals surface area (Å²) >= 11 is 0. The fourth-order valence-electron chi connectivity index (χ4n) is 2.45. The van der Waals surface area contributed by atoms with E-state index >= 15 is 0 Å². The zero-order valence-electron chi connectivity index (χ0n) is 14.5. The molecule has 2 rings (SSSR count). The number of carboxylic acids is 1. The number of aliphatic carboxylic acids is 1.